The molecule has 0 unspecified atom stereocenters. The second-order valence-corrected chi connectivity index (χ2v) is 6.01. The largest absolute Gasteiger partial charge is 0.355 e. The Kier molecular flexibility index (Phi) is 5.17. The monoisotopic (exact) mass is 341 g/mol. The molecule has 1 amide bonds. The smallest absolute Gasteiger partial charge is 0.270 e. The third kappa shape index (κ3) is 4.28. The molecule has 8 nitrogen and oxygen atoms in total. The van der Waals surface area contributed by atoms with Gasteiger partial charge in [0.1, 0.15) is 5.82 Å². The zero-order chi connectivity index (χ0) is 17.6. The number of amides is 1. The summed E-state index contributed by atoms with van der Waals surface area (Å²) in [6.07, 6.45) is 6.99. The highest BCUT2D eigenvalue weighted by atomic mass is 16.6. The van der Waals surface area contributed by atoms with Gasteiger partial charge >= 0.3 is 0 Å². The highest BCUT2D eigenvalue weighted by Gasteiger charge is 2.21. The quantitative estimate of drug-likeness (QED) is 0.659. The zero-order valence-corrected chi connectivity index (χ0v) is 13.7. The Morgan fingerprint density at radius 2 is 2.12 bits per heavy atom. The second kappa shape index (κ2) is 7.69. The fraction of sp³-hybridized carbons (Fsp3) is 0.353. The van der Waals surface area contributed by atoms with Gasteiger partial charge in [0, 0.05) is 49.7 Å². The molecule has 0 bridgehead atoms. The van der Waals surface area contributed by atoms with Gasteiger partial charge < -0.3 is 10.2 Å². The number of carbonyl (C=O) groups excluding carboxylic acids is 1. The lowest BCUT2D eigenvalue weighted by Crippen LogP contribution is -2.39. The lowest BCUT2D eigenvalue weighted by atomic mass is 9.96. The summed E-state index contributed by atoms with van der Waals surface area (Å²) in [4.78, 5) is 33.0. The van der Waals surface area contributed by atoms with E-state index in [1.165, 1.54) is 18.2 Å². The maximum atomic E-state index is 12.2. The van der Waals surface area contributed by atoms with Crippen molar-refractivity contribution in [1.82, 2.24) is 15.3 Å². The number of hydrogen-bond donors (Lipinski definition) is 1. The molecule has 1 aromatic heterocycles. The third-order valence-corrected chi connectivity index (χ3v) is 4.36. The van der Waals surface area contributed by atoms with Gasteiger partial charge in [-0.3, -0.25) is 19.9 Å². The molecule has 25 heavy (non-hydrogen) atoms. The molecule has 130 valence electrons. The Hall–Kier alpha value is -3.03. The number of nitrogens with zero attached hydrogens (tertiary/aromatic N) is 4. The number of carbonyl (C=O) groups is 1. The van der Waals surface area contributed by atoms with E-state index < -0.39 is 4.92 Å². The van der Waals surface area contributed by atoms with Crippen molar-refractivity contribution in [2.45, 2.75) is 12.8 Å². The summed E-state index contributed by atoms with van der Waals surface area (Å²) in [6, 6.07) is 5.77. The van der Waals surface area contributed by atoms with E-state index >= 15 is 0 Å². The summed E-state index contributed by atoms with van der Waals surface area (Å²) in [7, 11) is 0. The predicted octanol–water partition coefficient (Wildman–Crippen LogP) is 2.03. The van der Waals surface area contributed by atoms with Crippen molar-refractivity contribution < 1.29 is 9.72 Å². The van der Waals surface area contributed by atoms with Gasteiger partial charge in [0.25, 0.3) is 11.6 Å². The van der Waals surface area contributed by atoms with Crippen LogP contribution in [-0.2, 0) is 0 Å². The Morgan fingerprint density at radius 3 is 2.80 bits per heavy atom. The van der Waals surface area contributed by atoms with Crippen LogP contribution < -0.4 is 10.2 Å². The van der Waals surface area contributed by atoms with E-state index in [1.54, 1.807) is 24.7 Å². The van der Waals surface area contributed by atoms with E-state index in [2.05, 4.69) is 20.2 Å². The number of nitrogens with one attached hydrogen (secondary N) is 1. The van der Waals surface area contributed by atoms with Crippen LogP contribution in [0, 0.1) is 16.0 Å². The molecular formula is C17H19N5O3. The molecule has 1 aliphatic rings. The van der Waals surface area contributed by atoms with Crippen molar-refractivity contribution in [3.05, 3.63) is 58.5 Å². The van der Waals surface area contributed by atoms with Crippen molar-refractivity contribution in [3.63, 3.8) is 0 Å². The normalized spacial score (nSPS) is 15.0. The number of aromatic nitrogens is 2. The molecule has 0 aliphatic carbocycles. The van der Waals surface area contributed by atoms with Crippen molar-refractivity contribution >= 4 is 17.4 Å². The minimum Gasteiger partial charge on any atom is -0.355 e. The topological polar surface area (TPSA) is 101 Å². The van der Waals surface area contributed by atoms with Gasteiger partial charge in [0.2, 0.25) is 0 Å². The summed E-state index contributed by atoms with van der Waals surface area (Å²) in [5, 5.41) is 13.7. The Balaban J connectivity index is 1.49. The van der Waals surface area contributed by atoms with Crippen LogP contribution in [0.4, 0.5) is 11.5 Å². The standard InChI is InChI=1S/C17H19N5O3/c23-17(14-2-1-3-15(10-14)22(24)25)20-11-13-4-8-21(9-5-13)16-12-18-6-7-19-16/h1-3,6-7,10,12-13H,4-5,8-9,11H2,(H,20,23). The number of rotatable bonds is 5. The van der Waals surface area contributed by atoms with E-state index in [4.69, 9.17) is 0 Å². The lowest BCUT2D eigenvalue weighted by molar-refractivity contribution is -0.384. The van der Waals surface area contributed by atoms with Crippen LogP contribution in [0.25, 0.3) is 0 Å². The first kappa shape index (κ1) is 16.8. The molecule has 3 rings (SSSR count). The van der Waals surface area contributed by atoms with Gasteiger partial charge in [0.15, 0.2) is 0 Å². The number of non-ortho nitro benzene ring substituents is 1. The molecular weight excluding hydrogens is 322 g/mol. The van der Waals surface area contributed by atoms with E-state index in [0.717, 1.165) is 31.7 Å². The minimum atomic E-state index is -0.501. The van der Waals surface area contributed by atoms with Gasteiger partial charge in [-0.05, 0) is 24.8 Å². The summed E-state index contributed by atoms with van der Waals surface area (Å²) >= 11 is 0. The molecule has 0 atom stereocenters. The van der Waals surface area contributed by atoms with Crippen molar-refractivity contribution in [2.24, 2.45) is 5.92 Å². The van der Waals surface area contributed by atoms with Crippen molar-refractivity contribution in [2.75, 3.05) is 24.5 Å². The minimum absolute atomic E-state index is 0.0788. The maximum Gasteiger partial charge on any atom is 0.270 e. The molecule has 0 saturated carbocycles. The first-order chi connectivity index (χ1) is 12.1. The second-order valence-electron chi connectivity index (χ2n) is 6.01. The Morgan fingerprint density at radius 1 is 1.32 bits per heavy atom. The zero-order valence-electron chi connectivity index (χ0n) is 13.7. The number of anilines is 1. The van der Waals surface area contributed by atoms with E-state index in [-0.39, 0.29) is 11.6 Å². The van der Waals surface area contributed by atoms with E-state index in [9.17, 15) is 14.9 Å². The third-order valence-electron chi connectivity index (χ3n) is 4.36. The number of hydrogen-bond acceptors (Lipinski definition) is 6. The molecule has 2 aromatic rings. The molecule has 0 radical (unpaired) electrons. The van der Waals surface area contributed by atoms with Crippen LogP contribution >= 0.6 is 0 Å². The number of nitro groups is 1. The molecule has 1 N–H and O–H groups in total. The molecule has 8 heteroatoms. The van der Waals surface area contributed by atoms with Crippen LogP contribution in [0.1, 0.15) is 23.2 Å². The molecule has 1 aromatic carbocycles. The fourth-order valence-electron chi connectivity index (χ4n) is 2.92. The van der Waals surface area contributed by atoms with Gasteiger partial charge in [-0.1, -0.05) is 6.07 Å². The van der Waals surface area contributed by atoms with Crippen LogP contribution in [0.15, 0.2) is 42.9 Å². The van der Waals surface area contributed by atoms with Gasteiger partial charge in [-0.2, -0.15) is 0 Å². The lowest BCUT2D eigenvalue weighted by Gasteiger charge is -2.32. The Bertz CT molecular complexity index is 745. The molecule has 1 aliphatic heterocycles. The highest BCUT2D eigenvalue weighted by molar-refractivity contribution is 5.94. The molecule has 2 heterocycles. The van der Waals surface area contributed by atoms with Crippen LogP contribution in [0.2, 0.25) is 0 Å². The predicted molar refractivity (Wildman–Crippen MR) is 92.4 cm³/mol. The van der Waals surface area contributed by atoms with Crippen molar-refractivity contribution in [1.29, 1.82) is 0 Å². The van der Waals surface area contributed by atoms with E-state index in [1.807, 2.05) is 0 Å². The van der Waals surface area contributed by atoms with Crippen LogP contribution in [-0.4, -0.2) is 40.4 Å². The van der Waals surface area contributed by atoms with Crippen LogP contribution in [0.5, 0.6) is 0 Å². The summed E-state index contributed by atoms with van der Waals surface area (Å²) in [6.45, 7) is 2.31. The summed E-state index contributed by atoms with van der Waals surface area (Å²) < 4.78 is 0. The fourth-order valence-corrected chi connectivity index (χ4v) is 2.92. The first-order valence-corrected chi connectivity index (χ1v) is 8.17. The average Bonchev–Trinajstić information content (AvgIpc) is 2.67. The van der Waals surface area contributed by atoms with E-state index in [0.29, 0.717) is 18.0 Å². The van der Waals surface area contributed by atoms with Crippen LogP contribution in [0.3, 0.4) is 0 Å². The molecule has 1 fully saturated rings. The number of benzene rings is 1. The Labute approximate surface area is 145 Å². The first-order valence-electron chi connectivity index (χ1n) is 8.17. The maximum absolute atomic E-state index is 12.2. The summed E-state index contributed by atoms with van der Waals surface area (Å²) in [5.41, 5.74) is 0.233. The molecule has 1 saturated heterocycles. The summed E-state index contributed by atoms with van der Waals surface area (Å²) in [5.74, 6) is 0.984. The highest BCUT2D eigenvalue weighted by Crippen LogP contribution is 2.20. The molecule has 0 spiro atoms. The van der Waals surface area contributed by atoms with Crippen molar-refractivity contribution in [3.8, 4) is 0 Å². The van der Waals surface area contributed by atoms with Gasteiger partial charge in [-0.25, -0.2) is 4.98 Å². The average molecular weight is 341 g/mol. The van der Waals surface area contributed by atoms with Gasteiger partial charge in [0.05, 0.1) is 11.1 Å². The number of piperidine rings is 1. The van der Waals surface area contributed by atoms with Gasteiger partial charge in [-0.15, -0.1) is 0 Å². The SMILES string of the molecule is O=C(NCC1CCN(c2cnccn2)CC1)c1cccc([N+](=O)[O-])c1. The number of nitro benzene ring substituents is 1.